The second-order valence-corrected chi connectivity index (χ2v) is 4.03. The van der Waals surface area contributed by atoms with Gasteiger partial charge in [-0.3, -0.25) is 0 Å². The first-order valence-electron chi connectivity index (χ1n) is 4.65. The van der Waals surface area contributed by atoms with E-state index in [0.717, 1.165) is 16.6 Å². The number of nitriles is 1. The molecule has 0 aliphatic heterocycles. The van der Waals surface area contributed by atoms with Crippen LogP contribution in [0.4, 0.5) is 5.69 Å². The SMILES string of the molecule is CCC(CC#N)Nc1ccc(Br)cc1. The molecular weight excluding hydrogens is 240 g/mol. The van der Waals surface area contributed by atoms with Gasteiger partial charge in [0.1, 0.15) is 0 Å². The fraction of sp³-hybridized carbons (Fsp3) is 0.364. The molecule has 1 atom stereocenters. The maximum atomic E-state index is 8.59. The smallest absolute Gasteiger partial charge is 0.0643 e. The Balaban J connectivity index is 2.59. The maximum Gasteiger partial charge on any atom is 0.0643 e. The van der Waals surface area contributed by atoms with Crippen LogP contribution in [0.1, 0.15) is 19.8 Å². The molecule has 0 bridgehead atoms. The number of rotatable bonds is 4. The zero-order chi connectivity index (χ0) is 10.4. The van der Waals surface area contributed by atoms with Crippen molar-refractivity contribution in [3.63, 3.8) is 0 Å². The molecule has 1 aromatic carbocycles. The third kappa shape index (κ3) is 3.39. The predicted octanol–water partition coefficient (Wildman–Crippen LogP) is 3.55. The molecular formula is C11H13BrN2. The van der Waals surface area contributed by atoms with Gasteiger partial charge in [-0.25, -0.2) is 0 Å². The first kappa shape index (κ1) is 11.1. The van der Waals surface area contributed by atoms with Crippen molar-refractivity contribution in [1.29, 1.82) is 5.26 Å². The van der Waals surface area contributed by atoms with Crippen LogP contribution < -0.4 is 5.32 Å². The molecule has 2 nitrogen and oxygen atoms in total. The van der Waals surface area contributed by atoms with Crippen molar-refractivity contribution >= 4 is 21.6 Å². The fourth-order valence-corrected chi connectivity index (χ4v) is 1.45. The zero-order valence-corrected chi connectivity index (χ0v) is 9.71. The normalized spacial score (nSPS) is 11.8. The molecule has 74 valence electrons. The fourth-order valence-electron chi connectivity index (χ4n) is 1.19. The van der Waals surface area contributed by atoms with Gasteiger partial charge in [-0.15, -0.1) is 0 Å². The summed E-state index contributed by atoms with van der Waals surface area (Å²) in [5.41, 5.74) is 1.07. The highest BCUT2D eigenvalue weighted by Gasteiger charge is 2.04. The van der Waals surface area contributed by atoms with Crippen LogP contribution in [0.15, 0.2) is 28.7 Å². The van der Waals surface area contributed by atoms with Crippen molar-refractivity contribution < 1.29 is 0 Å². The number of hydrogen-bond acceptors (Lipinski definition) is 2. The van der Waals surface area contributed by atoms with E-state index in [1.165, 1.54) is 0 Å². The molecule has 0 fully saturated rings. The Bertz CT molecular complexity index is 313. The van der Waals surface area contributed by atoms with Gasteiger partial charge in [0.2, 0.25) is 0 Å². The molecule has 0 aromatic heterocycles. The summed E-state index contributed by atoms with van der Waals surface area (Å²) < 4.78 is 1.07. The Morgan fingerprint density at radius 3 is 2.57 bits per heavy atom. The van der Waals surface area contributed by atoms with Crippen molar-refractivity contribution in [2.24, 2.45) is 0 Å². The average molecular weight is 253 g/mol. The van der Waals surface area contributed by atoms with E-state index in [1.807, 2.05) is 24.3 Å². The third-order valence-electron chi connectivity index (χ3n) is 2.05. The lowest BCUT2D eigenvalue weighted by Crippen LogP contribution is -2.17. The van der Waals surface area contributed by atoms with Crippen molar-refractivity contribution in [2.75, 3.05) is 5.32 Å². The average Bonchev–Trinajstić information content (AvgIpc) is 2.20. The van der Waals surface area contributed by atoms with E-state index >= 15 is 0 Å². The molecule has 0 heterocycles. The van der Waals surface area contributed by atoms with Crippen molar-refractivity contribution in [3.05, 3.63) is 28.7 Å². The van der Waals surface area contributed by atoms with E-state index in [2.05, 4.69) is 34.2 Å². The molecule has 1 unspecified atom stereocenters. The van der Waals surface area contributed by atoms with Gasteiger partial charge in [0.25, 0.3) is 0 Å². The van der Waals surface area contributed by atoms with Crippen molar-refractivity contribution in [2.45, 2.75) is 25.8 Å². The highest BCUT2D eigenvalue weighted by atomic mass is 79.9. The lowest BCUT2D eigenvalue weighted by atomic mass is 10.1. The van der Waals surface area contributed by atoms with Gasteiger partial charge in [-0.2, -0.15) is 5.26 Å². The molecule has 1 rings (SSSR count). The van der Waals surface area contributed by atoms with Gasteiger partial charge in [0.15, 0.2) is 0 Å². The molecule has 0 saturated carbocycles. The van der Waals surface area contributed by atoms with Crippen LogP contribution in [0.3, 0.4) is 0 Å². The largest absolute Gasteiger partial charge is 0.381 e. The van der Waals surface area contributed by atoms with E-state index in [1.54, 1.807) is 0 Å². The molecule has 0 aliphatic rings. The minimum atomic E-state index is 0.251. The van der Waals surface area contributed by atoms with E-state index in [-0.39, 0.29) is 6.04 Å². The quantitative estimate of drug-likeness (QED) is 0.890. The maximum absolute atomic E-state index is 8.59. The summed E-state index contributed by atoms with van der Waals surface area (Å²) in [7, 11) is 0. The Morgan fingerprint density at radius 1 is 1.43 bits per heavy atom. The minimum Gasteiger partial charge on any atom is -0.381 e. The molecule has 0 saturated heterocycles. The predicted molar refractivity (Wildman–Crippen MR) is 62.1 cm³/mol. The molecule has 1 N–H and O–H groups in total. The van der Waals surface area contributed by atoms with Crippen LogP contribution in [0.5, 0.6) is 0 Å². The third-order valence-corrected chi connectivity index (χ3v) is 2.57. The Kier molecular flexibility index (Phi) is 4.48. The first-order chi connectivity index (χ1) is 6.76. The van der Waals surface area contributed by atoms with Crippen LogP contribution in [0.2, 0.25) is 0 Å². The van der Waals surface area contributed by atoms with Crippen LogP contribution in [0.25, 0.3) is 0 Å². The number of hydrogen-bond donors (Lipinski definition) is 1. The van der Waals surface area contributed by atoms with Crippen molar-refractivity contribution in [1.82, 2.24) is 0 Å². The lowest BCUT2D eigenvalue weighted by molar-refractivity contribution is 0.711. The van der Waals surface area contributed by atoms with Gasteiger partial charge in [0.05, 0.1) is 12.5 Å². The van der Waals surface area contributed by atoms with Gasteiger partial charge in [-0.1, -0.05) is 22.9 Å². The van der Waals surface area contributed by atoms with E-state index in [0.29, 0.717) is 6.42 Å². The zero-order valence-electron chi connectivity index (χ0n) is 8.13. The monoisotopic (exact) mass is 252 g/mol. The van der Waals surface area contributed by atoms with Gasteiger partial charge in [0, 0.05) is 16.2 Å². The summed E-state index contributed by atoms with van der Waals surface area (Å²) in [4.78, 5) is 0. The van der Waals surface area contributed by atoms with Crippen molar-refractivity contribution in [3.8, 4) is 6.07 Å². The number of benzene rings is 1. The Hall–Kier alpha value is -1.01. The molecule has 0 spiro atoms. The highest BCUT2D eigenvalue weighted by Crippen LogP contribution is 2.16. The minimum absolute atomic E-state index is 0.251. The summed E-state index contributed by atoms with van der Waals surface area (Å²) in [6, 6.07) is 10.4. The van der Waals surface area contributed by atoms with E-state index in [9.17, 15) is 0 Å². The van der Waals surface area contributed by atoms with Gasteiger partial charge in [-0.05, 0) is 30.7 Å². The first-order valence-corrected chi connectivity index (χ1v) is 5.44. The second-order valence-electron chi connectivity index (χ2n) is 3.12. The number of halogens is 1. The standard InChI is InChI=1S/C11H13BrN2/c1-2-10(7-8-13)14-11-5-3-9(12)4-6-11/h3-6,10,14H,2,7H2,1H3. The Morgan fingerprint density at radius 2 is 2.07 bits per heavy atom. The summed E-state index contributed by atoms with van der Waals surface area (Å²) in [6.45, 7) is 2.08. The highest BCUT2D eigenvalue weighted by molar-refractivity contribution is 9.10. The summed E-state index contributed by atoms with van der Waals surface area (Å²) >= 11 is 3.38. The topological polar surface area (TPSA) is 35.8 Å². The summed E-state index contributed by atoms with van der Waals surface area (Å²) in [5, 5.41) is 11.9. The number of nitrogens with zero attached hydrogens (tertiary/aromatic N) is 1. The van der Waals surface area contributed by atoms with Crippen LogP contribution in [-0.4, -0.2) is 6.04 Å². The summed E-state index contributed by atoms with van der Waals surface area (Å²) in [6.07, 6.45) is 1.51. The van der Waals surface area contributed by atoms with Gasteiger partial charge < -0.3 is 5.32 Å². The van der Waals surface area contributed by atoms with E-state index < -0.39 is 0 Å². The van der Waals surface area contributed by atoms with Crippen LogP contribution in [0, 0.1) is 11.3 Å². The Labute approximate surface area is 93.1 Å². The number of anilines is 1. The van der Waals surface area contributed by atoms with Gasteiger partial charge >= 0.3 is 0 Å². The molecule has 0 aliphatic carbocycles. The molecule has 0 radical (unpaired) electrons. The van der Waals surface area contributed by atoms with E-state index in [4.69, 9.17) is 5.26 Å². The number of nitrogens with one attached hydrogen (secondary N) is 1. The molecule has 3 heteroatoms. The van der Waals surface area contributed by atoms with Crippen LogP contribution in [-0.2, 0) is 0 Å². The van der Waals surface area contributed by atoms with Crippen LogP contribution >= 0.6 is 15.9 Å². The molecule has 0 amide bonds. The molecule has 14 heavy (non-hydrogen) atoms. The molecule has 1 aromatic rings. The lowest BCUT2D eigenvalue weighted by Gasteiger charge is -2.14. The second kappa shape index (κ2) is 5.66. The summed E-state index contributed by atoms with van der Waals surface area (Å²) in [5.74, 6) is 0.